The number of hydrogen-bond donors (Lipinski definition) is 1. The van der Waals surface area contributed by atoms with Gasteiger partial charge in [0.2, 0.25) is 0 Å². The van der Waals surface area contributed by atoms with Crippen molar-refractivity contribution in [1.29, 1.82) is 5.26 Å². The predicted molar refractivity (Wildman–Crippen MR) is 120 cm³/mol. The summed E-state index contributed by atoms with van der Waals surface area (Å²) in [4.78, 5) is 16.0. The first kappa shape index (κ1) is 18.6. The molecular weight excluding hydrogens is 394 g/mol. The summed E-state index contributed by atoms with van der Waals surface area (Å²) in [6.07, 6.45) is 1.89. The van der Waals surface area contributed by atoms with E-state index in [1.165, 1.54) is 0 Å². The van der Waals surface area contributed by atoms with Crippen LogP contribution in [0, 0.1) is 11.3 Å². The van der Waals surface area contributed by atoms with E-state index in [0.717, 1.165) is 45.4 Å². The highest BCUT2D eigenvalue weighted by atomic mass is 32.1. The molecule has 4 aromatic rings. The maximum Gasteiger partial charge on any atom is 0.186 e. The largest absolute Gasteiger partial charge is 0.378 e. The minimum absolute atomic E-state index is 0.487. The number of thiazole rings is 1. The molecule has 0 unspecified atom stereocenters. The molecule has 2 aromatic heterocycles. The fourth-order valence-electron chi connectivity index (χ4n) is 3.48. The van der Waals surface area contributed by atoms with Gasteiger partial charge >= 0.3 is 0 Å². The fraction of sp³-hybridized carbons (Fsp3) is 0.174. The average molecular weight is 414 g/mol. The minimum Gasteiger partial charge on any atom is -0.378 e. The molecule has 1 aliphatic heterocycles. The van der Waals surface area contributed by atoms with E-state index in [0.29, 0.717) is 24.6 Å². The van der Waals surface area contributed by atoms with Gasteiger partial charge in [-0.05, 0) is 18.2 Å². The third-order valence-electron chi connectivity index (χ3n) is 5.01. The normalized spacial score (nSPS) is 14.8. The van der Waals surface area contributed by atoms with Crippen LogP contribution in [0.25, 0.3) is 33.9 Å². The number of aromatic nitrogens is 3. The fourth-order valence-corrected chi connectivity index (χ4v) is 4.56. The van der Waals surface area contributed by atoms with Crippen molar-refractivity contribution in [3.63, 3.8) is 0 Å². The average Bonchev–Trinajstić information content (AvgIpc) is 3.43. The molecule has 30 heavy (non-hydrogen) atoms. The van der Waals surface area contributed by atoms with Gasteiger partial charge < -0.3 is 14.6 Å². The number of nitrogens with zero attached hydrogens (tertiary/aromatic N) is 4. The van der Waals surface area contributed by atoms with Crippen molar-refractivity contribution >= 4 is 39.2 Å². The first-order chi connectivity index (χ1) is 14.8. The number of allylic oxidation sites excluding steroid dienone is 1. The number of para-hydroxylation sites is 2. The smallest absolute Gasteiger partial charge is 0.186 e. The second-order valence-electron chi connectivity index (χ2n) is 6.95. The molecule has 148 valence electrons. The zero-order chi connectivity index (χ0) is 20.3. The molecule has 1 N–H and O–H groups in total. The summed E-state index contributed by atoms with van der Waals surface area (Å²) in [6.45, 7) is 3.04. The molecule has 2 aromatic carbocycles. The predicted octanol–water partition coefficient (Wildman–Crippen LogP) is 4.59. The molecular formula is C23H19N5OS. The Morgan fingerprint density at radius 1 is 1.07 bits per heavy atom. The Morgan fingerprint density at radius 3 is 2.60 bits per heavy atom. The van der Waals surface area contributed by atoms with Gasteiger partial charge in [-0.25, -0.2) is 9.97 Å². The molecule has 0 spiro atoms. The molecule has 6 nitrogen and oxygen atoms in total. The highest BCUT2D eigenvalue weighted by molar-refractivity contribution is 7.17. The summed E-state index contributed by atoms with van der Waals surface area (Å²) in [5.74, 6) is 0.569. The van der Waals surface area contributed by atoms with Crippen molar-refractivity contribution < 1.29 is 4.74 Å². The van der Waals surface area contributed by atoms with Crippen LogP contribution in [0.4, 0.5) is 5.13 Å². The Labute approximate surface area is 178 Å². The molecule has 0 bridgehead atoms. The summed E-state index contributed by atoms with van der Waals surface area (Å²) in [7, 11) is 0. The van der Waals surface area contributed by atoms with Gasteiger partial charge in [-0.1, -0.05) is 53.8 Å². The van der Waals surface area contributed by atoms with Gasteiger partial charge in [0.25, 0.3) is 0 Å². The first-order valence-corrected chi connectivity index (χ1v) is 10.6. The Balaban J connectivity index is 1.60. The highest BCUT2D eigenvalue weighted by Crippen LogP contribution is 2.36. The summed E-state index contributed by atoms with van der Waals surface area (Å²) in [6, 6.07) is 20.2. The molecule has 0 saturated carbocycles. The second-order valence-corrected chi connectivity index (χ2v) is 7.96. The molecule has 0 atom stereocenters. The van der Waals surface area contributed by atoms with E-state index < -0.39 is 0 Å². The maximum atomic E-state index is 9.86. The Hall–Kier alpha value is -3.47. The van der Waals surface area contributed by atoms with E-state index in [1.807, 2.05) is 60.7 Å². The lowest BCUT2D eigenvalue weighted by Gasteiger charge is -2.26. The number of rotatable bonds is 4. The molecule has 1 aliphatic rings. The number of nitriles is 1. The number of benzene rings is 2. The number of morpholine rings is 1. The summed E-state index contributed by atoms with van der Waals surface area (Å²) >= 11 is 1.60. The van der Waals surface area contributed by atoms with Crippen molar-refractivity contribution in [3.05, 3.63) is 65.3 Å². The number of anilines is 1. The number of H-pyrrole nitrogens is 1. The molecule has 3 heterocycles. The van der Waals surface area contributed by atoms with Crippen molar-refractivity contribution in [2.75, 3.05) is 31.2 Å². The zero-order valence-electron chi connectivity index (χ0n) is 16.2. The molecule has 0 amide bonds. The number of hydrogen-bond acceptors (Lipinski definition) is 6. The molecule has 7 heteroatoms. The molecule has 0 aliphatic carbocycles. The number of imidazole rings is 1. The molecule has 1 saturated heterocycles. The number of fused-ring (bicyclic) bond motifs is 1. The van der Waals surface area contributed by atoms with Gasteiger partial charge in [0.15, 0.2) is 5.13 Å². The van der Waals surface area contributed by atoms with Crippen LogP contribution in [0.15, 0.2) is 54.6 Å². The lowest BCUT2D eigenvalue weighted by molar-refractivity contribution is 0.122. The van der Waals surface area contributed by atoms with E-state index >= 15 is 0 Å². The van der Waals surface area contributed by atoms with Gasteiger partial charge in [-0.15, -0.1) is 0 Å². The maximum absolute atomic E-state index is 9.86. The van der Waals surface area contributed by atoms with Gasteiger partial charge in [-0.3, -0.25) is 0 Å². The van der Waals surface area contributed by atoms with E-state index in [1.54, 1.807) is 11.3 Å². The van der Waals surface area contributed by atoms with Crippen LogP contribution in [0.1, 0.15) is 10.7 Å². The lowest BCUT2D eigenvalue weighted by Crippen LogP contribution is -2.36. The van der Waals surface area contributed by atoms with Gasteiger partial charge in [-0.2, -0.15) is 5.26 Å². The van der Waals surface area contributed by atoms with Crippen molar-refractivity contribution in [1.82, 2.24) is 15.0 Å². The monoisotopic (exact) mass is 413 g/mol. The van der Waals surface area contributed by atoms with Crippen molar-refractivity contribution in [3.8, 4) is 17.3 Å². The molecule has 0 radical (unpaired) electrons. The Kier molecular flexibility index (Phi) is 5.01. The minimum atomic E-state index is 0.487. The number of aromatic amines is 1. The van der Waals surface area contributed by atoms with Crippen LogP contribution in [-0.2, 0) is 4.74 Å². The second kappa shape index (κ2) is 8.11. The van der Waals surface area contributed by atoms with Crippen molar-refractivity contribution in [2.45, 2.75) is 0 Å². The Morgan fingerprint density at radius 2 is 1.83 bits per heavy atom. The summed E-state index contributed by atoms with van der Waals surface area (Å²) in [5.41, 5.74) is 4.15. The highest BCUT2D eigenvalue weighted by Gasteiger charge is 2.19. The molecule has 5 rings (SSSR count). The van der Waals surface area contributed by atoms with Crippen LogP contribution in [0.2, 0.25) is 0 Å². The number of ether oxygens (including phenoxy) is 1. The SMILES string of the molecule is N#CC(=Cc1sc(N2CCOCC2)nc1-c1ccccc1)c1nc2ccccc2[nH]1. The van der Waals surface area contributed by atoms with E-state index in [2.05, 4.69) is 20.9 Å². The third kappa shape index (κ3) is 3.59. The van der Waals surface area contributed by atoms with Crippen LogP contribution in [0.5, 0.6) is 0 Å². The first-order valence-electron chi connectivity index (χ1n) is 9.78. The van der Waals surface area contributed by atoms with Gasteiger partial charge in [0.1, 0.15) is 11.9 Å². The summed E-state index contributed by atoms with van der Waals surface area (Å²) < 4.78 is 5.48. The van der Waals surface area contributed by atoms with Crippen molar-refractivity contribution in [2.24, 2.45) is 0 Å². The summed E-state index contributed by atoms with van der Waals surface area (Å²) in [5, 5.41) is 10.8. The topological polar surface area (TPSA) is 77.8 Å². The third-order valence-corrected chi connectivity index (χ3v) is 6.07. The van der Waals surface area contributed by atoms with Crippen LogP contribution < -0.4 is 4.90 Å². The molecule has 1 fully saturated rings. The van der Waals surface area contributed by atoms with Gasteiger partial charge in [0, 0.05) is 18.7 Å². The lowest BCUT2D eigenvalue weighted by atomic mass is 10.1. The zero-order valence-corrected chi connectivity index (χ0v) is 17.0. The van der Waals surface area contributed by atoms with Crippen LogP contribution >= 0.6 is 11.3 Å². The quantitative estimate of drug-likeness (QED) is 0.495. The van der Waals surface area contributed by atoms with E-state index in [4.69, 9.17) is 9.72 Å². The van der Waals surface area contributed by atoms with Crippen LogP contribution in [0.3, 0.4) is 0 Å². The number of nitrogens with one attached hydrogen (secondary N) is 1. The standard InChI is InChI=1S/C23H19N5OS/c24-15-17(22-25-18-8-4-5-9-19(18)26-22)14-20-21(16-6-2-1-3-7-16)27-23(30-20)28-10-12-29-13-11-28/h1-9,14H,10-13H2,(H,25,26). The Bertz CT molecular complexity index is 1210. The van der Waals surface area contributed by atoms with Crippen LogP contribution in [-0.4, -0.2) is 41.3 Å². The van der Waals surface area contributed by atoms with E-state index in [9.17, 15) is 5.26 Å². The van der Waals surface area contributed by atoms with Gasteiger partial charge in [0.05, 0.1) is 40.4 Å². The van der Waals surface area contributed by atoms with E-state index in [-0.39, 0.29) is 0 Å².